The number of nitrogens with one attached hydrogen (secondary N) is 2. The number of hydrogen-bond donors (Lipinski definition) is 2. The highest BCUT2D eigenvalue weighted by Crippen LogP contribution is 2.25. The van der Waals surface area contributed by atoms with Crippen LogP contribution in [0.5, 0.6) is 5.75 Å². The quantitative estimate of drug-likeness (QED) is 0.830. The number of benzene rings is 2. The minimum atomic E-state index is -0.349. The second-order valence-corrected chi connectivity index (χ2v) is 6.16. The molecule has 0 heterocycles. The second-order valence-electron chi connectivity index (χ2n) is 5.73. The van der Waals surface area contributed by atoms with E-state index in [9.17, 15) is 9.59 Å². The van der Waals surface area contributed by atoms with Gasteiger partial charge < -0.3 is 15.4 Å². The SMILES string of the molecule is COc1ccc(C)cc1[C@H](C)NC(=O)CNC(=O)c1cccc(Cl)c1. The van der Waals surface area contributed by atoms with Gasteiger partial charge in [-0.1, -0.05) is 35.4 Å². The first kappa shape index (κ1) is 18.8. The molecule has 0 spiro atoms. The number of amides is 2. The molecule has 0 aromatic heterocycles. The van der Waals surface area contributed by atoms with Crippen LogP contribution in [-0.2, 0) is 4.79 Å². The molecule has 2 aromatic rings. The molecule has 2 amide bonds. The molecular weight excluding hydrogens is 340 g/mol. The molecule has 0 fully saturated rings. The number of aryl methyl sites for hydroxylation is 1. The van der Waals surface area contributed by atoms with Gasteiger partial charge in [-0.25, -0.2) is 0 Å². The highest BCUT2D eigenvalue weighted by atomic mass is 35.5. The highest BCUT2D eigenvalue weighted by molar-refractivity contribution is 6.30. The summed E-state index contributed by atoms with van der Waals surface area (Å²) in [6.07, 6.45) is 0. The molecule has 2 rings (SSSR count). The molecule has 0 aliphatic rings. The fraction of sp³-hybridized carbons (Fsp3) is 0.263. The molecule has 0 aliphatic carbocycles. The van der Waals surface area contributed by atoms with E-state index in [1.165, 1.54) is 0 Å². The van der Waals surface area contributed by atoms with Crippen LogP contribution < -0.4 is 15.4 Å². The Bertz CT molecular complexity index is 777. The summed E-state index contributed by atoms with van der Waals surface area (Å²) in [5.41, 5.74) is 2.37. The Morgan fingerprint density at radius 2 is 1.96 bits per heavy atom. The number of halogens is 1. The van der Waals surface area contributed by atoms with Gasteiger partial charge >= 0.3 is 0 Å². The predicted octanol–water partition coefficient (Wildman–Crippen LogP) is 3.26. The normalized spacial score (nSPS) is 11.5. The van der Waals surface area contributed by atoms with Crippen molar-refractivity contribution in [3.63, 3.8) is 0 Å². The first-order valence-corrected chi connectivity index (χ1v) is 8.26. The number of ether oxygens (including phenoxy) is 1. The number of rotatable bonds is 6. The van der Waals surface area contributed by atoms with Gasteiger partial charge in [-0.05, 0) is 38.1 Å². The molecule has 0 unspecified atom stereocenters. The van der Waals surface area contributed by atoms with E-state index in [1.54, 1.807) is 31.4 Å². The summed E-state index contributed by atoms with van der Waals surface area (Å²) in [7, 11) is 1.59. The van der Waals surface area contributed by atoms with E-state index >= 15 is 0 Å². The summed E-state index contributed by atoms with van der Waals surface area (Å²) in [5, 5.41) is 5.91. The van der Waals surface area contributed by atoms with E-state index in [0.717, 1.165) is 11.1 Å². The van der Waals surface area contributed by atoms with Crippen molar-refractivity contribution in [1.82, 2.24) is 10.6 Å². The summed E-state index contributed by atoms with van der Waals surface area (Å²) in [6.45, 7) is 3.72. The van der Waals surface area contributed by atoms with Crippen LogP contribution >= 0.6 is 11.6 Å². The smallest absolute Gasteiger partial charge is 0.251 e. The van der Waals surface area contributed by atoms with E-state index in [0.29, 0.717) is 16.3 Å². The van der Waals surface area contributed by atoms with E-state index in [1.807, 2.05) is 32.0 Å². The third kappa shape index (κ3) is 5.22. The van der Waals surface area contributed by atoms with Gasteiger partial charge in [0, 0.05) is 16.1 Å². The lowest BCUT2D eigenvalue weighted by atomic mass is 10.0. The minimum Gasteiger partial charge on any atom is -0.496 e. The van der Waals surface area contributed by atoms with Gasteiger partial charge in [-0.15, -0.1) is 0 Å². The van der Waals surface area contributed by atoms with Crippen LogP contribution in [0.3, 0.4) is 0 Å². The van der Waals surface area contributed by atoms with Crippen LogP contribution in [0.2, 0.25) is 5.02 Å². The largest absolute Gasteiger partial charge is 0.496 e. The van der Waals surface area contributed by atoms with Gasteiger partial charge in [0.15, 0.2) is 0 Å². The predicted molar refractivity (Wildman–Crippen MR) is 98.1 cm³/mol. The average Bonchev–Trinajstić information content (AvgIpc) is 2.59. The molecule has 0 radical (unpaired) electrons. The van der Waals surface area contributed by atoms with Gasteiger partial charge in [-0.2, -0.15) is 0 Å². The lowest BCUT2D eigenvalue weighted by Gasteiger charge is -2.18. The molecule has 0 saturated carbocycles. The molecule has 25 heavy (non-hydrogen) atoms. The summed E-state index contributed by atoms with van der Waals surface area (Å²) < 4.78 is 5.34. The molecule has 132 valence electrons. The van der Waals surface area contributed by atoms with Crippen LogP contribution in [-0.4, -0.2) is 25.5 Å². The van der Waals surface area contributed by atoms with Crippen molar-refractivity contribution < 1.29 is 14.3 Å². The van der Waals surface area contributed by atoms with Gasteiger partial charge in [0.2, 0.25) is 5.91 Å². The average molecular weight is 361 g/mol. The first-order chi connectivity index (χ1) is 11.9. The fourth-order valence-electron chi connectivity index (χ4n) is 2.45. The maximum absolute atomic E-state index is 12.1. The first-order valence-electron chi connectivity index (χ1n) is 7.88. The molecule has 6 heteroatoms. The zero-order chi connectivity index (χ0) is 18.4. The van der Waals surface area contributed by atoms with E-state index < -0.39 is 0 Å². The third-order valence-electron chi connectivity index (χ3n) is 3.73. The van der Waals surface area contributed by atoms with Crippen molar-refractivity contribution in [3.8, 4) is 5.75 Å². The van der Waals surface area contributed by atoms with Crippen molar-refractivity contribution in [2.75, 3.05) is 13.7 Å². The number of hydrogen-bond acceptors (Lipinski definition) is 3. The Morgan fingerprint density at radius 1 is 1.20 bits per heavy atom. The molecule has 1 atom stereocenters. The summed E-state index contributed by atoms with van der Waals surface area (Å²) in [4.78, 5) is 24.2. The van der Waals surface area contributed by atoms with E-state index in [-0.39, 0.29) is 24.4 Å². The van der Waals surface area contributed by atoms with Crippen molar-refractivity contribution in [2.24, 2.45) is 0 Å². The summed E-state index contributed by atoms with van der Waals surface area (Å²) in [6, 6.07) is 12.1. The Kier molecular flexibility index (Phi) is 6.42. The summed E-state index contributed by atoms with van der Waals surface area (Å²) in [5.74, 6) is 0.0752. The Balaban J connectivity index is 1.94. The summed E-state index contributed by atoms with van der Waals surface area (Å²) >= 11 is 5.86. The Morgan fingerprint density at radius 3 is 2.64 bits per heavy atom. The van der Waals surface area contributed by atoms with Gasteiger partial charge in [0.05, 0.1) is 19.7 Å². The van der Waals surface area contributed by atoms with Crippen molar-refractivity contribution in [2.45, 2.75) is 19.9 Å². The van der Waals surface area contributed by atoms with Crippen LogP contribution in [0, 0.1) is 6.92 Å². The second kappa shape index (κ2) is 8.53. The Labute approximate surface area is 152 Å². The standard InChI is InChI=1S/C19H21ClN2O3/c1-12-7-8-17(25-3)16(9-12)13(2)22-18(23)11-21-19(24)14-5-4-6-15(20)10-14/h4-10,13H,11H2,1-3H3,(H,21,24)(H,22,23)/t13-/m0/s1. The minimum absolute atomic E-state index is 0.121. The topological polar surface area (TPSA) is 67.4 Å². The molecule has 2 aromatic carbocycles. The molecule has 0 saturated heterocycles. The molecule has 0 aliphatic heterocycles. The molecule has 2 N–H and O–H groups in total. The highest BCUT2D eigenvalue weighted by Gasteiger charge is 2.15. The molecular formula is C19H21ClN2O3. The van der Waals surface area contributed by atoms with Crippen LogP contribution in [0.4, 0.5) is 0 Å². The van der Waals surface area contributed by atoms with Crippen LogP contribution in [0.25, 0.3) is 0 Å². The van der Waals surface area contributed by atoms with Crippen LogP contribution in [0.15, 0.2) is 42.5 Å². The fourth-order valence-corrected chi connectivity index (χ4v) is 2.65. The van der Waals surface area contributed by atoms with Gasteiger partial charge in [0.25, 0.3) is 5.91 Å². The van der Waals surface area contributed by atoms with Crippen molar-refractivity contribution in [3.05, 3.63) is 64.2 Å². The zero-order valence-electron chi connectivity index (χ0n) is 14.4. The van der Waals surface area contributed by atoms with Crippen molar-refractivity contribution in [1.29, 1.82) is 0 Å². The van der Waals surface area contributed by atoms with E-state index in [4.69, 9.17) is 16.3 Å². The maximum atomic E-state index is 12.1. The maximum Gasteiger partial charge on any atom is 0.251 e. The van der Waals surface area contributed by atoms with Gasteiger partial charge in [-0.3, -0.25) is 9.59 Å². The van der Waals surface area contributed by atoms with Gasteiger partial charge in [0.1, 0.15) is 5.75 Å². The number of carbonyl (C=O) groups is 2. The monoisotopic (exact) mass is 360 g/mol. The lowest BCUT2D eigenvalue weighted by molar-refractivity contribution is -0.120. The molecule has 0 bridgehead atoms. The van der Waals surface area contributed by atoms with E-state index in [2.05, 4.69) is 10.6 Å². The zero-order valence-corrected chi connectivity index (χ0v) is 15.2. The van der Waals surface area contributed by atoms with Crippen LogP contribution in [0.1, 0.15) is 34.5 Å². The lowest BCUT2D eigenvalue weighted by Crippen LogP contribution is -2.38. The molecule has 5 nitrogen and oxygen atoms in total. The number of methoxy groups -OCH3 is 1. The number of carbonyl (C=O) groups excluding carboxylic acids is 2. The van der Waals surface area contributed by atoms with Crippen molar-refractivity contribution >= 4 is 23.4 Å². The third-order valence-corrected chi connectivity index (χ3v) is 3.96. The Hall–Kier alpha value is -2.53.